The number of nitrogens with zero attached hydrogens (tertiary/aromatic N) is 2. The highest BCUT2D eigenvalue weighted by Crippen LogP contribution is 2.19. The lowest BCUT2D eigenvalue weighted by molar-refractivity contribution is -0.121. The van der Waals surface area contributed by atoms with Crippen LogP contribution in [0.3, 0.4) is 0 Å². The van der Waals surface area contributed by atoms with Gasteiger partial charge in [-0.05, 0) is 18.6 Å². The molecule has 0 unspecified atom stereocenters. The average molecular weight is 397 g/mol. The maximum absolute atomic E-state index is 12.1. The number of likely N-dealkylation sites (N-methyl/N-ethyl adjacent to an activating group) is 1. The van der Waals surface area contributed by atoms with Gasteiger partial charge < -0.3 is 20.3 Å². The van der Waals surface area contributed by atoms with Crippen molar-refractivity contribution in [3.63, 3.8) is 0 Å². The van der Waals surface area contributed by atoms with Gasteiger partial charge in [0.1, 0.15) is 6.54 Å². The molecule has 1 aromatic carbocycles. The van der Waals surface area contributed by atoms with Crippen LogP contribution in [0.2, 0.25) is 5.02 Å². The molecule has 1 heterocycles. The number of benzene rings is 1. The molecule has 0 atom stereocenters. The van der Waals surface area contributed by atoms with Crippen LogP contribution in [0.15, 0.2) is 35.6 Å². The first-order valence-electron chi connectivity index (χ1n) is 8.10. The van der Waals surface area contributed by atoms with E-state index in [2.05, 4.69) is 15.6 Å². The maximum atomic E-state index is 12.1. The molecule has 0 aliphatic rings. The zero-order valence-corrected chi connectivity index (χ0v) is 15.9. The molecule has 0 fully saturated rings. The Bertz CT molecular complexity index is 766. The fraction of sp³-hybridized carbons (Fsp3) is 0.353. The Labute approximate surface area is 161 Å². The van der Waals surface area contributed by atoms with Crippen molar-refractivity contribution in [2.75, 3.05) is 12.3 Å². The minimum atomic E-state index is -0.230. The summed E-state index contributed by atoms with van der Waals surface area (Å²) in [6, 6.07) is 7.31. The zero-order chi connectivity index (χ0) is 18.9. The molecule has 0 saturated heterocycles. The highest BCUT2D eigenvalue weighted by molar-refractivity contribution is 7.99. The number of nitrogens with one attached hydrogen (secondary N) is 2. The molecule has 0 radical (unpaired) electrons. The molecule has 26 heavy (non-hydrogen) atoms. The Kier molecular flexibility index (Phi) is 7.96. The SMILES string of the molecule is CCNC(=O)Cn1c(CO)cnc1SCC(=O)NCc1ccccc1Cl. The third-order valence-corrected chi connectivity index (χ3v) is 4.86. The van der Waals surface area contributed by atoms with E-state index in [0.717, 1.165) is 5.56 Å². The lowest BCUT2D eigenvalue weighted by Crippen LogP contribution is -2.28. The predicted octanol–water partition coefficient (Wildman–Crippen LogP) is 1.57. The van der Waals surface area contributed by atoms with Gasteiger partial charge in [0.15, 0.2) is 5.16 Å². The van der Waals surface area contributed by atoms with E-state index in [0.29, 0.717) is 29.0 Å². The Balaban J connectivity index is 1.92. The summed E-state index contributed by atoms with van der Waals surface area (Å²) in [7, 11) is 0. The maximum Gasteiger partial charge on any atom is 0.240 e. The number of carbonyl (C=O) groups excluding carboxylic acids is 2. The van der Waals surface area contributed by atoms with Crippen molar-refractivity contribution in [3.8, 4) is 0 Å². The van der Waals surface area contributed by atoms with Crippen molar-refractivity contribution in [3.05, 3.63) is 46.7 Å². The van der Waals surface area contributed by atoms with Gasteiger partial charge >= 0.3 is 0 Å². The van der Waals surface area contributed by atoms with E-state index in [4.69, 9.17) is 11.6 Å². The first kappa shape index (κ1) is 20.3. The molecule has 9 heteroatoms. The lowest BCUT2D eigenvalue weighted by Gasteiger charge is -2.10. The second-order valence-corrected chi connectivity index (χ2v) is 6.74. The monoisotopic (exact) mass is 396 g/mol. The summed E-state index contributed by atoms with van der Waals surface area (Å²) in [6.07, 6.45) is 1.50. The van der Waals surface area contributed by atoms with E-state index >= 15 is 0 Å². The highest BCUT2D eigenvalue weighted by Gasteiger charge is 2.14. The van der Waals surface area contributed by atoms with Crippen molar-refractivity contribution >= 4 is 35.2 Å². The number of rotatable bonds is 9. The number of carbonyl (C=O) groups is 2. The molecular formula is C17H21ClN4O3S. The molecule has 2 rings (SSSR count). The number of hydrogen-bond donors (Lipinski definition) is 3. The molecule has 7 nitrogen and oxygen atoms in total. The Morgan fingerprint density at radius 2 is 2.04 bits per heavy atom. The van der Waals surface area contributed by atoms with E-state index in [-0.39, 0.29) is 30.7 Å². The van der Waals surface area contributed by atoms with Gasteiger partial charge in [-0.15, -0.1) is 0 Å². The Hall–Kier alpha value is -2.03. The van der Waals surface area contributed by atoms with Gasteiger partial charge in [0, 0.05) is 18.1 Å². The van der Waals surface area contributed by atoms with Gasteiger partial charge in [-0.2, -0.15) is 0 Å². The van der Waals surface area contributed by atoms with Crippen LogP contribution in [0.25, 0.3) is 0 Å². The topological polar surface area (TPSA) is 96.2 Å². The number of thioether (sulfide) groups is 1. The fourth-order valence-corrected chi connectivity index (χ4v) is 3.25. The van der Waals surface area contributed by atoms with Gasteiger partial charge in [-0.25, -0.2) is 4.98 Å². The number of aliphatic hydroxyl groups excluding tert-OH is 1. The molecule has 0 bridgehead atoms. The predicted molar refractivity (Wildman–Crippen MR) is 101 cm³/mol. The molecular weight excluding hydrogens is 376 g/mol. The van der Waals surface area contributed by atoms with Gasteiger partial charge in [-0.1, -0.05) is 41.6 Å². The largest absolute Gasteiger partial charge is 0.390 e. The van der Waals surface area contributed by atoms with Crippen LogP contribution in [0.1, 0.15) is 18.2 Å². The molecule has 0 aliphatic carbocycles. The third kappa shape index (κ3) is 5.76. The van der Waals surface area contributed by atoms with Crippen LogP contribution >= 0.6 is 23.4 Å². The Morgan fingerprint density at radius 3 is 2.73 bits per heavy atom. The summed E-state index contributed by atoms with van der Waals surface area (Å²) < 4.78 is 1.61. The molecule has 2 aromatic rings. The smallest absolute Gasteiger partial charge is 0.240 e. The third-order valence-electron chi connectivity index (χ3n) is 3.51. The number of aliphatic hydroxyl groups is 1. The molecule has 0 aliphatic heterocycles. The number of halogens is 1. The average Bonchev–Trinajstić information content (AvgIpc) is 3.01. The van der Waals surface area contributed by atoms with Crippen molar-refractivity contribution in [1.82, 2.24) is 20.2 Å². The number of amides is 2. The van der Waals surface area contributed by atoms with E-state index in [9.17, 15) is 14.7 Å². The molecule has 3 N–H and O–H groups in total. The molecule has 2 amide bonds. The number of imidazole rings is 1. The minimum Gasteiger partial charge on any atom is -0.390 e. The minimum absolute atomic E-state index is 0.0489. The quantitative estimate of drug-likeness (QED) is 0.559. The van der Waals surface area contributed by atoms with Crippen molar-refractivity contribution in [1.29, 1.82) is 0 Å². The summed E-state index contributed by atoms with van der Waals surface area (Å²) in [5.41, 5.74) is 1.36. The number of hydrogen-bond acceptors (Lipinski definition) is 5. The van der Waals surface area contributed by atoms with E-state index < -0.39 is 0 Å². The summed E-state index contributed by atoms with van der Waals surface area (Å²) in [5.74, 6) is -0.208. The van der Waals surface area contributed by atoms with Crippen LogP contribution in [0, 0.1) is 0 Å². The molecule has 1 aromatic heterocycles. The van der Waals surface area contributed by atoms with Crippen LogP contribution in [0.5, 0.6) is 0 Å². The Morgan fingerprint density at radius 1 is 1.27 bits per heavy atom. The number of aromatic nitrogens is 2. The molecule has 140 valence electrons. The van der Waals surface area contributed by atoms with Crippen LogP contribution < -0.4 is 10.6 Å². The van der Waals surface area contributed by atoms with E-state index in [1.54, 1.807) is 10.6 Å². The molecule has 0 saturated carbocycles. The van der Waals surface area contributed by atoms with Gasteiger partial charge in [0.05, 0.1) is 24.3 Å². The van der Waals surface area contributed by atoms with Gasteiger partial charge in [0.25, 0.3) is 0 Å². The zero-order valence-electron chi connectivity index (χ0n) is 14.4. The first-order chi connectivity index (χ1) is 12.5. The van der Waals surface area contributed by atoms with E-state index in [1.165, 1.54) is 18.0 Å². The fourth-order valence-electron chi connectivity index (χ4n) is 2.22. The first-order valence-corrected chi connectivity index (χ1v) is 9.46. The van der Waals surface area contributed by atoms with E-state index in [1.807, 2.05) is 25.1 Å². The summed E-state index contributed by atoms with van der Waals surface area (Å²) in [5, 5.41) is 16.0. The summed E-state index contributed by atoms with van der Waals surface area (Å²) in [4.78, 5) is 28.1. The second kappa shape index (κ2) is 10.2. The van der Waals surface area contributed by atoms with Crippen molar-refractivity contribution < 1.29 is 14.7 Å². The lowest BCUT2D eigenvalue weighted by atomic mass is 10.2. The molecule has 0 spiro atoms. The van der Waals surface area contributed by atoms with Gasteiger partial charge in [0.2, 0.25) is 11.8 Å². The summed E-state index contributed by atoms with van der Waals surface area (Å²) >= 11 is 7.27. The van der Waals surface area contributed by atoms with Crippen molar-refractivity contribution in [2.45, 2.75) is 31.8 Å². The summed E-state index contributed by atoms with van der Waals surface area (Å²) in [6.45, 7) is 2.51. The van der Waals surface area contributed by atoms with Gasteiger partial charge in [-0.3, -0.25) is 9.59 Å². The normalized spacial score (nSPS) is 10.6. The van der Waals surface area contributed by atoms with Crippen LogP contribution in [0.4, 0.5) is 0 Å². The van der Waals surface area contributed by atoms with Crippen LogP contribution in [-0.2, 0) is 29.3 Å². The second-order valence-electron chi connectivity index (χ2n) is 5.39. The van der Waals surface area contributed by atoms with Crippen LogP contribution in [-0.4, -0.2) is 38.8 Å². The highest BCUT2D eigenvalue weighted by atomic mass is 35.5. The van der Waals surface area contributed by atoms with Crippen molar-refractivity contribution in [2.24, 2.45) is 0 Å². The standard InChI is InChI=1S/C17H21ClN4O3S/c1-2-19-15(24)9-22-13(10-23)8-21-17(22)26-11-16(25)20-7-12-5-3-4-6-14(12)18/h3-6,8,23H,2,7,9-11H2,1H3,(H,19,24)(H,20,25).